The Balaban J connectivity index is 1.33. The van der Waals surface area contributed by atoms with Crippen molar-refractivity contribution in [2.24, 2.45) is 0 Å². The van der Waals surface area contributed by atoms with Gasteiger partial charge in [-0.3, -0.25) is 4.79 Å². The average molecular weight is 1420 g/mol. The molecule has 0 aromatic rings. The summed E-state index contributed by atoms with van der Waals surface area (Å²) in [5.74, 6) is -0.232. The van der Waals surface area contributed by atoms with E-state index in [0.29, 0.717) is 12.8 Å². The number of rotatable bonds is 68. The summed E-state index contributed by atoms with van der Waals surface area (Å²) >= 11 is 0. The molecule has 19 nitrogen and oxygen atoms in total. The summed E-state index contributed by atoms with van der Waals surface area (Å²) in [5.41, 5.74) is 0. The average Bonchev–Trinajstić information content (AvgIpc) is 0.761. The molecule has 0 saturated carbocycles. The summed E-state index contributed by atoms with van der Waals surface area (Å²) < 4.78 is 34.5. The van der Waals surface area contributed by atoms with Crippen molar-refractivity contribution in [3.8, 4) is 0 Å². The Morgan fingerprint density at radius 1 is 0.323 bits per heavy atom. The van der Waals surface area contributed by atoms with Gasteiger partial charge in [-0.25, -0.2) is 0 Å². The van der Waals surface area contributed by atoms with Crippen molar-refractivity contribution >= 4 is 5.91 Å². The quantitative estimate of drug-likeness (QED) is 0.0252. The highest BCUT2D eigenvalue weighted by Gasteiger charge is 2.54. The molecule has 99 heavy (non-hydrogen) atoms. The smallest absolute Gasteiger partial charge is 0.220 e. The molecule has 1 amide bonds. The van der Waals surface area contributed by atoms with Crippen LogP contribution in [0.2, 0.25) is 0 Å². The Kier molecular flexibility index (Phi) is 57.5. The summed E-state index contributed by atoms with van der Waals surface area (Å²) in [5, 5.41) is 121. The van der Waals surface area contributed by atoms with E-state index >= 15 is 0 Å². The van der Waals surface area contributed by atoms with Crippen molar-refractivity contribution in [2.45, 2.75) is 478 Å². The third kappa shape index (κ3) is 42.1. The minimum Gasteiger partial charge on any atom is -0.394 e. The van der Waals surface area contributed by atoms with E-state index in [1.165, 1.54) is 295 Å². The zero-order valence-corrected chi connectivity index (χ0v) is 63.0. The fraction of sp³-hybridized carbons (Fsp3) is 0.988. The molecule has 3 saturated heterocycles. The van der Waals surface area contributed by atoms with Crippen molar-refractivity contribution in [2.75, 3.05) is 26.4 Å². The highest BCUT2D eigenvalue weighted by Crippen LogP contribution is 2.34. The highest BCUT2D eigenvalue weighted by molar-refractivity contribution is 5.76. The number of unbranched alkanes of at least 4 members (excludes halogenated alkanes) is 52. The van der Waals surface area contributed by atoms with E-state index in [-0.39, 0.29) is 18.9 Å². The first-order valence-corrected chi connectivity index (χ1v) is 41.8. The van der Waals surface area contributed by atoms with Crippen molar-refractivity contribution in [1.82, 2.24) is 5.32 Å². The van der Waals surface area contributed by atoms with E-state index in [2.05, 4.69) is 19.2 Å². The number of nitrogens with one attached hydrogen (secondary N) is 1. The lowest BCUT2D eigenvalue weighted by atomic mass is 9.96. The lowest BCUT2D eigenvalue weighted by molar-refractivity contribution is -0.379. The highest BCUT2D eigenvalue weighted by atomic mass is 16.8. The topological polar surface area (TPSA) is 307 Å². The summed E-state index contributed by atoms with van der Waals surface area (Å²) in [6, 6.07) is -0.883. The van der Waals surface area contributed by atoms with Gasteiger partial charge in [-0.15, -0.1) is 0 Å². The van der Waals surface area contributed by atoms with Gasteiger partial charge in [0.15, 0.2) is 18.9 Å². The van der Waals surface area contributed by atoms with Crippen molar-refractivity contribution in [1.29, 1.82) is 0 Å². The van der Waals surface area contributed by atoms with Gasteiger partial charge < -0.3 is 89.9 Å². The molecule has 0 aliphatic carbocycles. The van der Waals surface area contributed by atoms with Gasteiger partial charge in [0.1, 0.15) is 73.2 Å². The van der Waals surface area contributed by atoms with Crippen LogP contribution in [0.25, 0.3) is 0 Å². The fourth-order valence-electron chi connectivity index (χ4n) is 14.7. The molecule has 3 fully saturated rings. The summed E-state index contributed by atoms with van der Waals surface area (Å²) in [4.78, 5) is 13.5. The van der Waals surface area contributed by atoms with Crippen LogP contribution in [0.1, 0.15) is 373 Å². The standard InChI is InChI=1S/C80H155NO18/c1-3-5-7-9-11-13-15-17-19-21-23-25-26-27-28-29-30-31-32-33-34-35-36-38-40-42-44-46-48-50-52-54-56-58-68(86)81-63(64(85)57-55-53-51-49-47-45-43-41-39-37-24-22-20-18-16-14-12-10-8-6-4-2)62-94-78-74(92)71(89)76(66(60-83)96-78)99-80-75(93)72(90)77(67(61-84)97-80)98-79-73(91)70(88)69(87)65(59-82)95-79/h63-67,69-80,82-85,87-93H,3-62H2,1-2H3,(H,81,86). The maximum absolute atomic E-state index is 13.5. The number of hydrogen-bond donors (Lipinski definition) is 12. The predicted molar refractivity (Wildman–Crippen MR) is 393 cm³/mol. The summed E-state index contributed by atoms with van der Waals surface area (Å²) in [6.07, 6.45) is 44.9. The van der Waals surface area contributed by atoms with Gasteiger partial charge in [-0.1, -0.05) is 354 Å². The lowest BCUT2D eigenvalue weighted by Gasteiger charge is -2.48. The number of hydrogen-bond acceptors (Lipinski definition) is 18. The Labute approximate surface area is 602 Å². The molecule has 588 valence electrons. The van der Waals surface area contributed by atoms with Crippen LogP contribution in [0.3, 0.4) is 0 Å². The molecular weight excluding hydrogens is 1260 g/mol. The minimum absolute atomic E-state index is 0.232. The first-order chi connectivity index (χ1) is 48.3. The molecule has 0 aromatic carbocycles. The van der Waals surface area contributed by atoms with E-state index < -0.39 is 124 Å². The number of ether oxygens (including phenoxy) is 6. The summed E-state index contributed by atoms with van der Waals surface area (Å²) in [7, 11) is 0. The second-order valence-corrected chi connectivity index (χ2v) is 30.3. The Bertz CT molecular complexity index is 1790. The van der Waals surface area contributed by atoms with Crippen LogP contribution in [0, 0.1) is 0 Å². The van der Waals surface area contributed by atoms with Crippen LogP contribution >= 0.6 is 0 Å². The van der Waals surface area contributed by atoms with Gasteiger partial charge in [0.05, 0.1) is 38.6 Å². The van der Waals surface area contributed by atoms with Crippen molar-refractivity contribution in [3.05, 3.63) is 0 Å². The molecular formula is C80H155NO18. The molecule has 3 aliphatic heterocycles. The maximum atomic E-state index is 13.5. The normalized spacial score (nSPS) is 26.5. The zero-order valence-electron chi connectivity index (χ0n) is 63.0. The Morgan fingerprint density at radius 3 is 0.879 bits per heavy atom. The molecule has 3 heterocycles. The largest absolute Gasteiger partial charge is 0.394 e. The van der Waals surface area contributed by atoms with Gasteiger partial charge >= 0.3 is 0 Å². The maximum Gasteiger partial charge on any atom is 0.220 e. The number of amides is 1. The molecule has 0 radical (unpaired) electrons. The molecule has 12 N–H and O–H groups in total. The monoisotopic (exact) mass is 1420 g/mol. The molecule has 3 aliphatic rings. The van der Waals surface area contributed by atoms with Crippen LogP contribution in [-0.4, -0.2) is 193 Å². The lowest BCUT2D eigenvalue weighted by Crippen LogP contribution is -2.66. The van der Waals surface area contributed by atoms with Crippen LogP contribution in [-0.2, 0) is 33.2 Å². The molecule has 0 spiro atoms. The van der Waals surface area contributed by atoms with E-state index in [1.54, 1.807) is 0 Å². The van der Waals surface area contributed by atoms with Gasteiger partial charge in [0.25, 0.3) is 0 Å². The molecule has 17 atom stereocenters. The minimum atomic E-state index is -1.97. The van der Waals surface area contributed by atoms with Crippen LogP contribution in [0.4, 0.5) is 0 Å². The van der Waals surface area contributed by atoms with Crippen molar-refractivity contribution in [3.63, 3.8) is 0 Å². The molecule has 0 aromatic heterocycles. The first kappa shape index (κ1) is 92.0. The van der Waals surface area contributed by atoms with Crippen LogP contribution in [0.15, 0.2) is 0 Å². The molecule has 19 heteroatoms. The second kappa shape index (κ2) is 61.9. The summed E-state index contributed by atoms with van der Waals surface area (Å²) in [6.45, 7) is 1.88. The third-order valence-corrected chi connectivity index (χ3v) is 21.4. The van der Waals surface area contributed by atoms with Crippen molar-refractivity contribution < 1.29 is 89.4 Å². The SMILES string of the molecule is CCCCCCCCCCCCCCCCCCCCCCCCCCCCCCCCCCCC(=O)NC(COC1OC(CO)C(OC2OC(CO)C(OC3OC(CO)C(O)C(O)C3O)C(O)C2O)C(O)C1O)C(O)CCCCCCCCCCCCCCCCCCCCCCC. The van der Waals surface area contributed by atoms with E-state index in [1.807, 2.05) is 0 Å². The predicted octanol–water partition coefficient (Wildman–Crippen LogP) is 14.2. The number of carbonyl (C=O) groups excluding carboxylic acids is 1. The van der Waals surface area contributed by atoms with Gasteiger partial charge in [-0.2, -0.15) is 0 Å². The molecule has 0 bridgehead atoms. The van der Waals surface area contributed by atoms with E-state index in [4.69, 9.17) is 28.4 Å². The molecule has 17 unspecified atom stereocenters. The zero-order chi connectivity index (χ0) is 71.8. The van der Waals surface area contributed by atoms with Crippen LogP contribution in [0.5, 0.6) is 0 Å². The number of aliphatic hydroxyl groups excluding tert-OH is 11. The first-order valence-electron chi connectivity index (χ1n) is 41.8. The van der Waals surface area contributed by atoms with Gasteiger partial charge in [0, 0.05) is 6.42 Å². The third-order valence-electron chi connectivity index (χ3n) is 21.4. The van der Waals surface area contributed by atoms with Gasteiger partial charge in [0.2, 0.25) is 5.91 Å². The van der Waals surface area contributed by atoms with Crippen LogP contribution < -0.4 is 5.32 Å². The van der Waals surface area contributed by atoms with E-state index in [9.17, 15) is 61.0 Å². The van der Waals surface area contributed by atoms with E-state index in [0.717, 1.165) is 44.9 Å². The Morgan fingerprint density at radius 2 is 0.576 bits per heavy atom. The second-order valence-electron chi connectivity index (χ2n) is 30.3. The van der Waals surface area contributed by atoms with Gasteiger partial charge in [-0.05, 0) is 12.8 Å². The fourth-order valence-corrected chi connectivity index (χ4v) is 14.7. The number of carbonyl (C=O) groups is 1. The molecule has 3 rings (SSSR count). The Hall–Kier alpha value is -1.21. The number of aliphatic hydroxyl groups is 11.